The molecular formula is C53H58N14O6. The zero-order valence-corrected chi connectivity index (χ0v) is 41.1. The van der Waals surface area contributed by atoms with E-state index in [-0.39, 0.29) is 23.8 Å². The summed E-state index contributed by atoms with van der Waals surface area (Å²) >= 11 is 0. The number of hydrogen-bond acceptors (Lipinski definition) is 14. The summed E-state index contributed by atoms with van der Waals surface area (Å²) in [4.78, 5) is 65.4. The van der Waals surface area contributed by atoms with Gasteiger partial charge in [-0.2, -0.15) is 15.1 Å². The highest BCUT2D eigenvalue weighted by molar-refractivity contribution is 6.04. The Labute approximate surface area is 421 Å². The molecule has 6 N–H and O–H groups in total. The molecule has 0 saturated carbocycles. The second kappa shape index (κ2) is 24.5. The number of anilines is 2. The first-order valence-corrected chi connectivity index (χ1v) is 24.3. The second-order valence-electron chi connectivity index (χ2n) is 17.5. The zero-order chi connectivity index (χ0) is 51.1. The molecule has 2 saturated heterocycles. The number of ether oxygens (including phenoxy) is 2. The van der Waals surface area contributed by atoms with Crippen molar-refractivity contribution in [3.05, 3.63) is 148 Å². The number of piperidine rings is 2. The fourth-order valence-corrected chi connectivity index (χ4v) is 8.59. The summed E-state index contributed by atoms with van der Waals surface area (Å²) in [5.74, 6) is 3.54. The molecule has 2 aliphatic heterocycles. The minimum Gasteiger partial charge on any atom is -0.456 e. The van der Waals surface area contributed by atoms with E-state index in [0.717, 1.165) is 78.6 Å². The highest BCUT2D eigenvalue weighted by atomic mass is 16.5. The standard InChI is InChI=1S/C27H29N7O3.C24H24N6O2.C2H5NO/c1-3-28-27(36)34-14-4-5-19(16-34)24-23-21(11-13-30-25(23)33-32-24)37-20-8-6-18(7-9-20)26(35)31-22-15-17(2)10-12-29-22;1-15-8-11-26-20(13-15)28-24(31)16-4-6-18(7-5-16)32-19-9-12-27-23-21(19)22(29-30-23)17-3-2-10-25-14-17;1-2-3-4/h6-13,15,19H,3-5,14,16H2,1-2H3,(H,28,36)(H,29,31,35)(H,30,32,33);4-9,11-13,17,25H,2-3,10,14H2,1H3,(H,26,28,31)(H,27,29,30);2H2,1H3. The molecule has 2 unspecified atom stereocenters. The van der Waals surface area contributed by atoms with Crippen molar-refractivity contribution in [2.24, 2.45) is 5.18 Å². The molecule has 2 aliphatic rings. The van der Waals surface area contributed by atoms with E-state index < -0.39 is 0 Å². The Bertz CT molecular complexity index is 3150. The highest BCUT2D eigenvalue weighted by Gasteiger charge is 2.29. The molecule has 0 spiro atoms. The van der Waals surface area contributed by atoms with Gasteiger partial charge in [0.2, 0.25) is 0 Å². The van der Waals surface area contributed by atoms with Gasteiger partial charge in [-0.05, 0) is 156 Å². The van der Waals surface area contributed by atoms with E-state index in [1.807, 2.05) is 56.0 Å². The Morgan fingerprint density at radius 3 is 1.63 bits per heavy atom. The lowest BCUT2D eigenvalue weighted by Crippen LogP contribution is -2.44. The molecule has 0 aliphatic carbocycles. The van der Waals surface area contributed by atoms with Crippen LogP contribution in [0.3, 0.4) is 0 Å². The van der Waals surface area contributed by atoms with Crippen LogP contribution in [0.1, 0.15) is 94.6 Å². The third-order valence-electron chi connectivity index (χ3n) is 12.2. The van der Waals surface area contributed by atoms with Gasteiger partial charge in [-0.15, -0.1) is 0 Å². The van der Waals surface area contributed by atoms with Crippen LogP contribution in [-0.2, 0) is 0 Å². The van der Waals surface area contributed by atoms with Crippen molar-refractivity contribution in [3.8, 4) is 23.0 Å². The minimum atomic E-state index is -0.248. The summed E-state index contributed by atoms with van der Waals surface area (Å²) in [5, 5.41) is 31.2. The van der Waals surface area contributed by atoms with E-state index in [2.05, 4.69) is 66.8 Å². The van der Waals surface area contributed by atoms with E-state index in [0.29, 0.717) is 82.6 Å². The molecule has 8 heterocycles. The van der Waals surface area contributed by atoms with Gasteiger partial charge < -0.3 is 35.6 Å². The van der Waals surface area contributed by atoms with Gasteiger partial charge in [0.05, 0.1) is 28.7 Å². The third-order valence-corrected chi connectivity index (χ3v) is 12.2. The summed E-state index contributed by atoms with van der Waals surface area (Å²) in [6.45, 7) is 11.8. The van der Waals surface area contributed by atoms with Crippen LogP contribution in [0.4, 0.5) is 16.4 Å². The van der Waals surface area contributed by atoms with E-state index in [4.69, 9.17) is 14.4 Å². The number of fused-ring (bicyclic) bond motifs is 2. The topological polar surface area (TPSA) is 259 Å². The quantitative estimate of drug-likeness (QED) is 0.0624. The molecule has 0 radical (unpaired) electrons. The molecule has 8 aromatic rings. The number of carbonyl (C=O) groups is 3. The van der Waals surface area contributed by atoms with E-state index in [1.165, 1.54) is 0 Å². The average molecular weight is 987 g/mol. The monoisotopic (exact) mass is 986 g/mol. The number of carbonyl (C=O) groups excluding carboxylic acids is 3. The largest absolute Gasteiger partial charge is 0.456 e. The molecule has 73 heavy (non-hydrogen) atoms. The van der Waals surface area contributed by atoms with Crippen molar-refractivity contribution in [1.29, 1.82) is 0 Å². The van der Waals surface area contributed by atoms with Crippen molar-refractivity contribution in [2.75, 3.05) is 49.9 Å². The molecule has 0 bridgehead atoms. The number of nitroso groups, excluding NO2 is 1. The minimum absolute atomic E-state index is 0.0482. The van der Waals surface area contributed by atoms with Crippen molar-refractivity contribution in [2.45, 2.75) is 65.2 Å². The van der Waals surface area contributed by atoms with Crippen molar-refractivity contribution < 1.29 is 23.9 Å². The fraction of sp³-hybridized carbons (Fsp3) is 0.302. The van der Waals surface area contributed by atoms with Crippen LogP contribution in [0.5, 0.6) is 23.0 Å². The first-order chi connectivity index (χ1) is 35.6. The molecule has 6 aromatic heterocycles. The number of nitrogens with zero attached hydrogens (tertiary/aromatic N) is 8. The van der Waals surface area contributed by atoms with Gasteiger partial charge in [-0.3, -0.25) is 19.8 Å². The molecule has 2 fully saturated rings. The summed E-state index contributed by atoms with van der Waals surface area (Å²) < 4.78 is 12.4. The number of likely N-dealkylation sites (tertiary alicyclic amines) is 1. The van der Waals surface area contributed by atoms with Gasteiger partial charge in [-0.1, -0.05) is 5.18 Å². The van der Waals surface area contributed by atoms with Gasteiger partial charge in [0.15, 0.2) is 11.3 Å². The van der Waals surface area contributed by atoms with Crippen molar-refractivity contribution in [3.63, 3.8) is 0 Å². The lowest BCUT2D eigenvalue weighted by molar-refractivity contribution is 0.101. The van der Waals surface area contributed by atoms with Crippen molar-refractivity contribution in [1.82, 2.24) is 55.9 Å². The molecule has 4 amide bonds. The predicted octanol–water partition coefficient (Wildman–Crippen LogP) is 9.56. The zero-order valence-electron chi connectivity index (χ0n) is 41.1. The number of aromatic amines is 2. The average Bonchev–Trinajstić information content (AvgIpc) is 4.06. The number of benzene rings is 2. The van der Waals surface area contributed by atoms with Crippen LogP contribution in [0.25, 0.3) is 22.1 Å². The van der Waals surface area contributed by atoms with E-state index >= 15 is 0 Å². The Morgan fingerprint density at radius 1 is 0.671 bits per heavy atom. The maximum absolute atomic E-state index is 12.6. The maximum Gasteiger partial charge on any atom is 0.317 e. The number of hydrogen-bond donors (Lipinski definition) is 6. The molecule has 2 aromatic carbocycles. The molecular weight excluding hydrogens is 929 g/mol. The van der Waals surface area contributed by atoms with E-state index in [1.54, 1.807) is 86.3 Å². The first-order valence-electron chi connectivity index (χ1n) is 24.3. The number of urea groups is 1. The molecule has 376 valence electrons. The Kier molecular flexibility index (Phi) is 17.0. The number of pyridine rings is 4. The van der Waals surface area contributed by atoms with Gasteiger partial charge in [0.1, 0.15) is 34.6 Å². The number of nitrogens with one attached hydrogen (secondary N) is 6. The van der Waals surface area contributed by atoms with Crippen LogP contribution < -0.4 is 30.7 Å². The summed E-state index contributed by atoms with van der Waals surface area (Å²) in [6.07, 6.45) is 10.7. The molecule has 20 nitrogen and oxygen atoms in total. The SMILES string of the molecule is CCN=O.CCNC(=O)N1CCCC(c2[nH]nc3nccc(Oc4ccc(C(=O)Nc5cc(C)ccn5)cc4)c23)C1.Cc1ccnc(NC(=O)c2ccc(Oc3ccnc4n[nH]c(C5CCCNC5)c34)cc2)c1. The molecule has 2 atom stereocenters. The summed E-state index contributed by atoms with van der Waals surface area (Å²) in [6, 6.07) is 25.0. The van der Waals surface area contributed by atoms with Gasteiger partial charge in [-0.25, -0.2) is 24.7 Å². The highest BCUT2D eigenvalue weighted by Crippen LogP contribution is 2.38. The maximum atomic E-state index is 12.6. The lowest BCUT2D eigenvalue weighted by Gasteiger charge is -2.32. The Balaban J connectivity index is 0.000000183. The normalized spacial score (nSPS) is 15.2. The fourth-order valence-electron chi connectivity index (χ4n) is 8.59. The third kappa shape index (κ3) is 13.0. The second-order valence-corrected chi connectivity index (χ2v) is 17.5. The number of aromatic nitrogens is 8. The van der Waals surface area contributed by atoms with Crippen LogP contribution in [0, 0.1) is 18.8 Å². The van der Waals surface area contributed by atoms with Gasteiger partial charge >= 0.3 is 6.03 Å². The Hall–Kier alpha value is -8.65. The first kappa shape index (κ1) is 50.7. The smallest absolute Gasteiger partial charge is 0.317 e. The summed E-state index contributed by atoms with van der Waals surface area (Å²) in [5.41, 5.74) is 6.23. The van der Waals surface area contributed by atoms with Crippen LogP contribution in [0.15, 0.2) is 115 Å². The summed E-state index contributed by atoms with van der Waals surface area (Å²) in [7, 11) is 0. The van der Waals surface area contributed by atoms with E-state index in [9.17, 15) is 14.4 Å². The predicted molar refractivity (Wildman–Crippen MR) is 278 cm³/mol. The molecule has 10 rings (SSSR count). The van der Waals surface area contributed by atoms with Crippen molar-refractivity contribution >= 4 is 51.5 Å². The van der Waals surface area contributed by atoms with Crippen LogP contribution in [0.2, 0.25) is 0 Å². The van der Waals surface area contributed by atoms with Gasteiger partial charge in [0, 0.05) is 73.9 Å². The van der Waals surface area contributed by atoms with Crippen LogP contribution in [-0.4, -0.2) is 102 Å². The van der Waals surface area contributed by atoms with Gasteiger partial charge in [0.25, 0.3) is 11.8 Å². The number of rotatable bonds is 12. The number of amides is 4. The van der Waals surface area contributed by atoms with Crippen LogP contribution >= 0.6 is 0 Å². The Morgan fingerprint density at radius 2 is 1.16 bits per heavy atom. The number of H-pyrrole nitrogens is 2. The lowest BCUT2D eigenvalue weighted by atomic mass is 9.93. The molecule has 20 heteroatoms. The number of aryl methyl sites for hydroxylation is 2.